The Morgan fingerprint density at radius 1 is 1.06 bits per heavy atom. The predicted octanol–water partition coefficient (Wildman–Crippen LogP) is 2.03. The first-order valence-corrected chi connectivity index (χ1v) is 9.82. The number of aryl methyl sites for hydroxylation is 2. The lowest BCUT2D eigenvalue weighted by Crippen LogP contribution is -2.60. The monoisotopic (exact) mass is 425 g/mol. The van der Waals surface area contributed by atoms with Gasteiger partial charge in [0.05, 0.1) is 23.1 Å². The highest BCUT2D eigenvalue weighted by molar-refractivity contribution is 6.31. The Morgan fingerprint density at radius 3 is 2.26 bits per heavy atom. The summed E-state index contributed by atoms with van der Waals surface area (Å²) in [7, 11) is 0. The number of nitrogens with two attached hydrogens (primary N) is 1. The van der Waals surface area contributed by atoms with E-state index >= 15 is 0 Å². The molecule has 6 N–H and O–H groups in total. The zero-order chi connectivity index (χ0) is 23.2. The number of rotatable bonds is 1. The second kappa shape index (κ2) is 6.38. The molecule has 31 heavy (non-hydrogen) atoms. The summed E-state index contributed by atoms with van der Waals surface area (Å²) in [6.45, 7) is 5.60. The van der Waals surface area contributed by atoms with E-state index in [1.165, 1.54) is 6.92 Å². The fourth-order valence-electron chi connectivity index (χ4n) is 5.20. The molecule has 0 saturated heterocycles. The summed E-state index contributed by atoms with van der Waals surface area (Å²) < 4.78 is 0. The number of carbonyl (C=O) groups excluding carboxylic acids is 3. The quantitative estimate of drug-likeness (QED) is 0.343. The van der Waals surface area contributed by atoms with Crippen LogP contribution in [0.5, 0.6) is 11.5 Å². The molecule has 2 aromatic rings. The van der Waals surface area contributed by atoms with E-state index in [1.807, 2.05) is 0 Å². The van der Waals surface area contributed by atoms with Crippen molar-refractivity contribution in [2.75, 3.05) is 0 Å². The Morgan fingerprint density at radius 2 is 1.68 bits per heavy atom. The van der Waals surface area contributed by atoms with Crippen LogP contribution in [0.3, 0.4) is 0 Å². The average Bonchev–Trinajstić information content (AvgIpc) is 2.69. The van der Waals surface area contributed by atoms with Crippen molar-refractivity contribution in [2.45, 2.75) is 39.8 Å². The number of allylic oxidation sites excluding steroid dienone is 1. The predicted molar refractivity (Wildman–Crippen MR) is 111 cm³/mol. The number of aliphatic hydroxyl groups is 2. The Labute approximate surface area is 177 Å². The summed E-state index contributed by atoms with van der Waals surface area (Å²) in [5, 5.41) is 43.8. The third-order valence-corrected chi connectivity index (χ3v) is 6.94. The molecular weight excluding hydrogens is 402 g/mol. The summed E-state index contributed by atoms with van der Waals surface area (Å²) in [6, 6.07) is 1.95. The van der Waals surface area contributed by atoms with E-state index in [4.69, 9.17) is 5.73 Å². The number of carbonyl (C=O) groups is 3. The van der Waals surface area contributed by atoms with Crippen LogP contribution in [0.25, 0.3) is 10.8 Å². The van der Waals surface area contributed by atoms with E-state index in [0.717, 1.165) is 6.92 Å². The van der Waals surface area contributed by atoms with Gasteiger partial charge in [-0.25, -0.2) is 0 Å². The van der Waals surface area contributed by atoms with Gasteiger partial charge in [0.15, 0.2) is 17.3 Å². The van der Waals surface area contributed by atoms with Crippen molar-refractivity contribution in [3.05, 3.63) is 45.7 Å². The molecule has 0 fully saturated rings. The summed E-state index contributed by atoms with van der Waals surface area (Å²) >= 11 is 0. The molecular formula is C23H23NO7. The lowest BCUT2D eigenvalue weighted by molar-refractivity contribution is -0.132. The molecule has 0 aliphatic heterocycles. The minimum atomic E-state index is -1.99. The van der Waals surface area contributed by atoms with E-state index in [9.17, 15) is 34.8 Å². The van der Waals surface area contributed by atoms with Gasteiger partial charge in [-0.2, -0.15) is 0 Å². The van der Waals surface area contributed by atoms with Crippen molar-refractivity contribution in [1.29, 1.82) is 0 Å². The third kappa shape index (κ3) is 2.34. The molecule has 162 valence electrons. The summed E-state index contributed by atoms with van der Waals surface area (Å²) in [5.74, 6) is -5.21. The lowest BCUT2D eigenvalue weighted by atomic mass is 9.54. The first-order chi connectivity index (χ1) is 14.4. The van der Waals surface area contributed by atoms with Gasteiger partial charge < -0.3 is 26.2 Å². The molecule has 4 atom stereocenters. The van der Waals surface area contributed by atoms with Gasteiger partial charge in [-0.3, -0.25) is 14.4 Å². The second-order valence-electron chi connectivity index (χ2n) is 8.59. The molecule has 0 aromatic heterocycles. The molecule has 4 rings (SSSR count). The van der Waals surface area contributed by atoms with Crippen LogP contribution in [-0.4, -0.2) is 43.8 Å². The number of aromatic hydroxyl groups is 2. The molecule has 0 amide bonds. The van der Waals surface area contributed by atoms with Crippen molar-refractivity contribution < 1.29 is 34.8 Å². The summed E-state index contributed by atoms with van der Waals surface area (Å²) in [6.07, 6.45) is -1.49. The molecule has 0 bridgehead atoms. The highest BCUT2D eigenvalue weighted by Crippen LogP contribution is 2.56. The van der Waals surface area contributed by atoms with Crippen LogP contribution in [0.4, 0.5) is 0 Å². The van der Waals surface area contributed by atoms with Crippen molar-refractivity contribution in [3.63, 3.8) is 0 Å². The topological polar surface area (TPSA) is 158 Å². The van der Waals surface area contributed by atoms with Crippen molar-refractivity contribution in [1.82, 2.24) is 0 Å². The highest BCUT2D eigenvalue weighted by atomic mass is 16.3. The second-order valence-corrected chi connectivity index (χ2v) is 8.59. The molecule has 2 aromatic carbocycles. The Kier molecular flexibility index (Phi) is 4.33. The zero-order valence-corrected chi connectivity index (χ0v) is 17.5. The van der Waals surface area contributed by atoms with Crippen LogP contribution in [0.2, 0.25) is 0 Å². The fraction of sp³-hybridized carbons (Fsp3) is 0.348. The molecule has 0 saturated carbocycles. The maximum atomic E-state index is 13.7. The molecule has 2 aliphatic rings. The maximum Gasteiger partial charge on any atom is 0.183 e. The first-order valence-electron chi connectivity index (χ1n) is 9.82. The van der Waals surface area contributed by atoms with Crippen molar-refractivity contribution >= 4 is 28.1 Å². The number of phenolic OH excluding ortho intramolecular Hbond substituents is 2. The van der Waals surface area contributed by atoms with Gasteiger partial charge in [-0.05, 0) is 49.8 Å². The SMILES string of the molecule is CC(=O)C1=C(O)[C@H](N)C2C(O)c3c(c(O)c4c(O)c(C)ccc4c3C)C(=O)C2(C)C1=O. The van der Waals surface area contributed by atoms with E-state index in [1.54, 1.807) is 26.0 Å². The number of ketones is 3. The lowest BCUT2D eigenvalue weighted by Gasteiger charge is -2.48. The van der Waals surface area contributed by atoms with Crippen LogP contribution in [-0.2, 0) is 9.59 Å². The molecule has 0 radical (unpaired) electrons. The molecule has 0 spiro atoms. The minimum Gasteiger partial charge on any atom is -0.510 e. The van der Waals surface area contributed by atoms with Gasteiger partial charge in [0, 0.05) is 5.92 Å². The van der Waals surface area contributed by atoms with Crippen LogP contribution >= 0.6 is 0 Å². The van der Waals surface area contributed by atoms with Crippen molar-refractivity contribution in [3.8, 4) is 11.5 Å². The number of hydrogen-bond acceptors (Lipinski definition) is 8. The molecule has 3 unspecified atom stereocenters. The van der Waals surface area contributed by atoms with E-state index in [2.05, 4.69) is 0 Å². The van der Waals surface area contributed by atoms with Crippen LogP contribution < -0.4 is 5.73 Å². The van der Waals surface area contributed by atoms with Gasteiger partial charge in [-0.1, -0.05) is 12.1 Å². The molecule has 8 nitrogen and oxygen atoms in total. The first kappa shape index (κ1) is 21.0. The Balaban J connectivity index is 2.13. The van der Waals surface area contributed by atoms with Crippen LogP contribution in [0.15, 0.2) is 23.5 Å². The van der Waals surface area contributed by atoms with E-state index < -0.39 is 57.9 Å². The molecule has 2 aliphatic carbocycles. The van der Waals surface area contributed by atoms with Crippen LogP contribution in [0.1, 0.15) is 47.0 Å². The zero-order valence-electron chi connectivity index (χ0n) is 17.5. The van der Waals surface area contributed by atoms with E-state index in [0.29, 0.717) is 16.5 Å². The largest absolute Gasteiger partial charge is 0.510 e. The van der Waals surface area contributed by atoms with Crippen molar-refractivity contribution in [2.24, 2.45) is 17.1 Å². The molecule has 8 heteroatoms. The number of benzene rings is 2. The van der Waals surface area contributed by atoms with Crippen LogP contribution in [0, 0.1) is 25.2 Å². The number of Topliss-reactive ketones (excluding diaryl/α,β-unsaturated/α-hetero) is 3. The van der Waals surface area contributed by atoms with Gasteiger partial charge in [0.2, 0.25) is 0 Å². The van der Waals surface area contributed by atoms with Gasteiger partial charge >= 0.3 is 0 Å². The highest BCUT2D eigenvalue weighted by Gasteiger charge is 2.62. The smallest absolute Gasteiger partial charge is 0.183 e. The third-order valence-electron chi connectivity index (χ3n) is 6.94. The van der Waals surface area contributed by atoms with Gasteiger partial charge in [0.1, 0.15) is 28.2 Å². The number of fused-ring (bicyclic) bond motifs is 3. The minimum absolute atomic E-state index is 0.0385. The number of hydrogen-bond donors (Lipinski definition) is 5. The van der Waals surface area contributed by atoms with E-state index in [-0.39, 0.29) is 22.3 Å². The molecule has 0 heterocycles. The standard InChI is InChI=1S/C23H23NO7/c1-7-5-6-10-8(2)11-14(18(27)13(10)17(7)26)22(31)23(4)15(19(11)28)16(24)20(29)12(9(3)25)21(23)30/h5-6,15-16,19,26-29H,24H2,1-4H3/t15?,16-,19?,23?/m1/s1. The maximum absolute atomic E-state index is 13.7. The van der Waals surface area contributed by atoms with Gasteiger partial charge in [0.25, 0.3) is 0 Å². The Bertz CT molecular complexity index is 1260. The number of aliphatic hydroxyl groups excluding tert-OH is 2. The van der Waals surface area contributed by atoms with Gasteiger partial charge in [-0.15, -0.1) is 0 Å². The summed E-state index contributed by atoms with van der Waals surface area (Å²) in [4.78, 5) is 39.0. The fourth-order valence-corrected chi connectivity index (χ4v) is 5.20. The number of phenols is 2. The normalized spacial score (nSPS) is 28.0. The Hall–Kier alpha value is -3.23. The average molecular weight is 425 g/mol. The summed E-state index contributed by atoms with van der Waals surface area (Å²) in [5.41, 5.74) is 4.27.